The van der Waals surface area contributed by atoms with E-state index >= 15 is 0 Å². The molecule has 1 atom stereocenters. The van der Waals surface area contributed by atoms with Crippen LogP contribution in [0.15, 0.2) is 88.8 Å². The second-order valence-electron chi connectivity index (χ2n) is 7.28. The Morgan fingerprint density at radius 1 is 0.967 bits per heavy atom. The third-order valence-electron chi connectivity index (χ3n) is 5.00. The van der Waals surface area contributed by atoms with Crippen molar-refractivity contribution in [3.63, 3.8) is 0 Å². The Balaban J connectivity index is 1.73. The minimum Gasteiger partial charge on any atom is -0.293 e. The van der Waals surface area contributed by atoms with Gasteiger partial charge in [-0.1, -0.05) is 84.1 Å². The van der Waals surface area contributed by atoms with Crippen LogP contribution in [-0.2, 0) is 6.54 Å². The Labute approximate surface area is 179 Å². The van der Waals surface area contributed by atoms with Gasteiger partial charge >= 0.3 is 0 Å². The van der Waals surface area contributed by atoms with Crippen LogP contribution in [0, 0.1) is 6.92 Å². The number of carbonyl (C=O) groups excluding carboxylic acids is 1. The number of fused-ring (bicyclic) bond motifs is 1. The highest BCUT2D eigenvalue weighted by atomic mass is 32.2. The maximum absolute atomic E-state index is 13.2. The van der Waals surface area contributed by atoms with E-state index < -0.39 is 0 Å². The maximum atomic E-state index is 13.2. The summed E-state index contributed by atoms with van der Waals surface area (Å²) >= 11 is 1.33. The van der Waals surface area contributed by atoms with Crippen LogP contribution in [0.4, 0.5) is 0 Å². The van der Waals surface area contributed by atoms with Crippen LogP contribution in [0.5, 0.6) is 0 Å². The number of para-hydroxylation sites is 1. The monoisotopic (exact) mass is 414 g/mol. The van der Waals surface area contributed by atoms with E-state index in [-0.39, 0.29) is 16.6 Å². The van der Waals surface area contributed by atoms with E-state index in [1.165, 1.54) is 11.8 Å². The minimum absolute atomic E-state index is 0.0219. The van der Waals surface area contributed by atoms with Gasteiger partial charge in [-0.2, -0.15) is 0 Å². The van der Waals surface area contributed by atoms with Gasteiger partial charge in [-0.25, -0.2) is 4.98 Å². The fourth-order valence-electron chi connectivity index (χ4n) is 3.31. The smallest absolute Gasteiger partial charge is 0.262 e. The summed E-state index contributed by atoms with van der Waals surface area (Å²) in [6, 6.07) is 24.7. The molecule has 0 unspecified atom stereocenters. The topological polar surface area (TPSA) is 52.0 Å². The fraction of sp³-hybridized carbons (Fsp3) is 0.160. The molecule has 4 aromatic rings. The first-order chi connectivity index (χ1) is 14.5. The van der Waals surface area contributed by atoms with Crippen molar-refractivity contribution in [1.29, 1.82) is 0 Å². The molecule has 150 valence electrons. The number of aromatic nitrogens is 2. The molecule has 0 amide bonds. The van der Waals surface area contributed by atoms with Crippen LogP contribution >= 0.6 is 11.8 Å². The second-order valence-corrected chi connectivity index (χ2v) is 8.59. The predicted octanol–water partition coefficient (Wildman–Crippen LogP) is 5.12. The largest absolute Gasteiger partial charge is 0.293 e. The molecule has 4 nitrogen and oxygen atoms in total. The molecule has 0 spiro atoms. The lowest BCUT2D eigenvalue weighted by molar-refractivity contribution is 0.0994. The van der Waals surface area contributed by atoms with E-state index in [1.54, 1.807) is 10.6 Å². The van der Waals surface area contributed by atoms with Crippen LogP contribution < -0.4 is 5.56 Å². The first kappa shape index (κ1) is 20.1. The highest BCUT2D eigenvalue weighted by Crippen LogP contribution is 2.25. The summed E-state index contributed by atoms with van der Waals surface area (Å²) in [5, 5.41) is 0.758. The van der Waals surface area contributed by atoms with Gasteiger partial charge in [0.2, 0.25) is 0 Å². The number of hydrogen-bond acceptors (Lipinski definition) is 4. The summed E-state index contributed by atoms with van der Waals surface area (Å²) in [5.41, 5.74) is 3.33. The number of benzene rings is 3. The number of carbonyl (C=O) groups is 1. The third kappa shape index (κ3) is 4.21. The summed E-state index contributed by atoms with van der Waals surface area (Å²) in [6.07, 6.45) is 0. The number of ketones is 1. The van der Waals surface area contributed by atoms with Gasteiger partial charge < -0.3 is 0 Å². The van der Waals surface area contributed by atoms with Gasteiger partial charge in [0.25, 0.3) is 5.56 Å². The second kappa shape index (κ2) is 8.67. The molecule has 0 bridgehead atoms. The molecule has 1 heterocycles. The Hall–Kier alpha value is -3.18. The van der Waals surface area contributed by atoms with Crippen molar-refractivity contribution in [1.82, 2.24) is 9.55 Å². The average Bonchev–Trinajstić information content (AvgIpc) is 2.77. The molecule has 0 saturated heterocycles. The molecule has 0 aliphatic carbocycles. The van der Waals surface area contributed by atoms with Crippen molar-refractivity contribution in [3.8, 4) is 0 Å². The molecule has 0 radical (unpaired) electrons. The Morgan fingerprint density at radius 3 is 2.37 bits per heavy atom. The molecular formula is C25H22N2O2S. The van der Waals surface area contributed by atoms with Gasteiger partial charge in [0.05, 0.1) is 22.7 Å². The number of aryl methyl sites for hydroxylation is 1. The van der Waals surface area contributed by atoms with Gasteiger partial charge in [-0.05, 0) is 31.5 Å². The predicted molar refractivity (Wildman–Crippen MR) is 122 cm³/mol. The zero-order valence-electron chi connectivity index (χ0n) is 16.9. The van der Waals surface area contributed by atoms with Crippen LogP contribution in [-0.4, -0.2) is 20.6 Å². The first-order valence-electron chi connectivity index (χ1n) is 9.84. The highest BCUT2D eigenvalue weighted by Gasteiger charge is 2.20. The normalized spacial score (nSPS) is 12.1. The van der Waals surface area contributed by atoms with E-state index in [1.807, 2.05) is 86.6 Å². The van der Waals surface area contributed by atoms with Crippen LogP contribution in [0.3, 0.4) is 0 Å². The van der Waals surface area contributed by atoms with E-state index in [9.17, 15) is 9.59 Å². The number of rotatable bonds is 6. The summed E-state index contributed by atoms with van der Waals surface area (Å²) in [6.45, 7) is 4.26. The SMILES string of the molecule is Cc1ccc(C(=O)[C@@H](C)Sc2nc3ccccc3c(=O)n2Cc2ccccc2)cc1. The maximum Gasteiger partial charge on any atom is 0.262 e. The van der Waals surface area contributed by atoms with Crippen LogP contribution in [0.25, 0.3) is 10.9 Å². The summed E-state index contributed by atoms with van der Waals surface area (Å²) in [7, 11) is 0. The van der Waals surface area contributed by atoms with Crippen molar-refractivity contribution in [2.75, 3.05) is 0 Å². The molecule has 30 heavy (non-hydrogen) atoms. The minimum atomic E-state index is -0.372. The Bertz CT molecular complexity index is 1250. The summed E-state index contributed by atoms with van der Waals surface area (Å²) in [4.78, 5) is 30.9. The van der Waals surface area contributed by atoms with E-state index in [4.69, 9.17) is 4.98 Å². The van der Waals surface area contributed by atoms with Crippen molar-refractivity contribution in [2.24, 2.45) is 0 Å². The van der Waals surface area contributed by atoms with Crippen molar-refractivity contribution >= 4 is 28.4 Å². The van der Waals surface area contributed by atoms with Gasteiger partial charge in [0, 0.05) is 5.56 Å². The molecular weight excluding hydrogens is 392 g/mol. The Morgan fingerprint density at radius 2 is 1.63 bits per heavy atom. The first-order valence-corrected chi connectivity index (χ1v) is 10.7. The van der Waals surface area contributed by atoms with E-state index in [0.29, 0.717) is 28.2 Å². The molecule has 0 aliphatic rings. The van der Waals surface area contributed by atoms with Gasteiger partial charge in [-0.15, -0.1) is 0 Å². The van der Waals surface area contributed by atoms with Crippen LogP contribution in [0.2, 0.25) is 0 Å². The lowest BCUT2D eigenvalue weighted by Crippen LogP contribution is -2.25. The van der Waals surface area contributed by atoms with Gasteiger partial charge in [0.1, 0.15) is 0 Å². The average molecular weight is 415 g/mol. The van der Waals surface area contributed by atoms with Crippen molar-refractivity contribution in [2.45, 2.75) is 30.8 Å². The molecule has 0 N–H and O–H groups in total. The zero-order chi connectivity index (χ0) is 21.1. The molecule has 0 saturated carbocycles. The van der Waals surface area contributed by atoms with E-state index in [2.05, 4.69) is 0 Å². The van der Waals surface area contributed by atoms with Crippen molar-refractivity contribution in [3.05, 3.63) is 106 Å². The molecule has 0 fully saturated rings. The number of hydrogen-bond donors (Lipinski definition) is 0. The molecule has 4 rings (SSSR count). The quantitative estimate of drug-likeness (QED) is 0.250. The van der Waals surface area contributed by atoms with E-state index in [0.717, 1.165) is 11.1 Å². The Kier molecular flexibility index (Phi) is 5.81. The standard InChI is InChI=1S/C25H22N2O2S/c1-17-12-14-20(15-13-17)23(28)18(2)30-25-26-22-11-7-6-10-21(22)24(29)27(25)16-19-8-4-3-5-9-19/h3-15,18H,16H2,1-2H3/t18-/m1/s1. The molecule has 0 aliphatic heterocycles. The highest BCUT2D eigenvalue weighted by molar-refractivity contribution is 8.00. The van der Waals surface area contributed by atoms with Crippen molar-refractivity contribution < 1.29 is 4.79 Å². The third-order valence-corrected chi connectivity index (χ3v) is 6.09. The number of thioether (sulfide) groups is 1. The van der Waals surface area contributed by atoms with Gasteiger partial charge in [-0.3, -0.25) is 14.2 Å². The molecule has 1 aromatic heterocycles. The fourth-order valence-corrected chi connectivity index (χ4v) is 4.29. The zero-order valence-corrected chi connectivity index (χ0v) is 17.7. The van der Waals surface area contributed by atoms with Crippen LogP contribution in [0.1, 0.15) is 28.4 Å². The lowest BCUT2D eigenvalue weighted by atomic mass is 10.1. The summed E-state index contributed by atoms with van der Waals surface area (Å²) < 4.78 is 1.67. The van der Waals surface area contributed by atoms with Gasteiger partial charge in [0.15, 0.2) is 10.9 Å². The molecule has 3 aromatic carbocycles. The summed E-state index contributed by atoms with van der Waals surface area (Å²) in [5.74, 6) is 0.0219. The molecule has 5 heteroatoms. The lowest BCUT2D eigenvalue weighted by Gasteiger charge is -2.16. The number of nitrogens with zero attached hydrogens (tertiary/aromatic N) is 2. The number of Topliss-reactive ketones (excluding diaryl/α,β-unsaturated/α-hetero) is 1.